The highest BCUT2D eigenvalue weighted by molar-refractivity contribution is 5.99. The molecule has 0 aromatic heterocycles. The molecule has 1 saturated heterocycles. The highest BCUT2D eigenvalue weighted by Gasteiger charge is 2.22. The molecule has 104 valence electrons. The molecule has 1 aliphatic rings. The summed E-state index contributed by atoms with van der Waals surface area (Å²) in [5, 5.41) is 0. The first kappa shape index (κ1) is 14.2. The molecule has 3 heteroatoms. The van der Waals surface area contributed by atoms with Crippen LogP contribution in [-0.2, 0) is 4.74 Å². The average Bonchev–Trinajstić information content (AvgIpc) is 2.87. The number of Topliss-reactive ketones (excluding diaryl/α,β-unsaturated/α-hetero) is 1. The van der Waals surface area contributed by atoms with E-state index in [0.29, 0.717) is 12.6 Å². The molecular weight excluding hydrogens is 238 g/mol. The van der Waals surface area contributed by atoms with Crippen LogP contribution in [0.4, 0.5) is 0 Å². The van der Waals surface area contributed by atoms with Gasteiger partial charge in [0.15, 0.2) is 5.78 Å². The molecule has 0 aliphatic carbocycles. The number of rotatable bonds is 4. The van der Waals surface area contributed by atoms with E-state index in [2.05, 4.69) is 24.8 Å². The minimum atomic E-state index is 0.204. The van der Waals surface area contributed by atoms with E-state index in [1.54, 1.807) is 0 Å². The van der Waals surface area contributed by atoms with Gasteiger partial charge in [0.05, 0.1) is 13.2 Å². The second-order valence-electron chi connectivity index (χ2n) is 5.61. The van der Waals surface area contributed by atoms with E-state index in [1.165, 1.54) is 11.1 Å². The van der Waals surface area contributed by atoms with Gasteiger partial charge in [-0.3, -0.25) is 9.69 Å². The van der Waals surface area contributed by atoms with Crippen molar-refractivity contribution in [1.82, 2.24) is 4.90 Å². The summed E-state index contributed by atoms with van der Waals surface area (Å²) in [7, 11) is 2.01. The first-order valence-electron chi connectivity index (χ1n) is 6.88. The molecule has 1 aliphatic heterocycles. The van der Waals surface area contributed by atoms with Crippen LogP contribution in [0.15, 0.2) is 12.1 Å². The monoisotopic (exact) mass is 261 g/mol. The second kappa shape index (κ2) is 5.85. The molecule has 0 spiro atoms. The van der Waals surface area contributed by atoms with Crippen molar-refractivity contribution in [1.29, 1.82) is 0 Å². The third-order valence-electron chi connectivity index (χ3n) is 4.06. The molecule has 0 N–H and O–H groups in total. The van der Waals surface area contributed by atoms with Gasteiger partial charge in [-0.1, -0.05) is 6.07 Å². The molecule has 1 heterocycles. The van der Waals surface area contributed by atoms with Crippen molar-refractivity contribution in [3.63, 3.8) is 0 Å². The average molecular weight is 261 g/mol. The number of carbonyl (C=O) groups is 1. The van der Waals surface area contributed by atoms with Gasteiger partial charge in [-0.2, -0.15) is 0 Å². The van der Waals surface area contributed by atoms with Crippen LogP contribution < -0.4 is 0 Å². The van der Waals surface area contributed by atoms with Crippen molar-refractivity contribution in [3.8, 4) is 0 Å². The smallest absolute Gasteiger partial charge is 0.177 e. The van der Waals surface area contributed by atoms with Crippen molar-refractivity contribution < 1.29 is 9.53 Å². The minimum absolute atomic E-state index is 0.204. The van der Waals surface area contributed by atoms with Crippen molar-refractivity contribution in [2.45, 2.75) is 33.2 Å². The third kappa shape index (κ3) is 3.23. The summed E-state index contributed by atoms with van der Waals surface area (Å²) in [5.74, 6) is 0.204. The lowest BCUT2D eigenvalue weighted by Gasteiger charge is -2.22. The van der Waals surface area contributed by atoms with Crippen molar-refractivity contribution in [3.05, 3.63) is 34.4 Å². The molecule has 1 aromatic rings. The van der Waals surface area contributed by atoms with Gasteiger partial charge in [0, 0.05) is 18.2 Å². The Bertz CT molecular complexity index is 476. The number of nitrogens with zero attached hydrogens (tertiary/aromatic N) is 1. The summed E-state index contributed by atoms with van der Waals surface area (Å²) in [6.07, 6.45) is 1.02. The van der Waals surface area contributed by atoms with Gasteiger partial charge in [-0.25, -0.2) is 0 Å². The number of ether oxygens (including phenoxy) is 1. The molecule has 1 atom stereocenters. The standard InChI is InChI=1S/C16H23NO2/c1-11-7-13(3)15(8-12(11)2)16(18)9-17(4)14-5-6-19-10-14/h7-8,14H,5-6,9-10H2,1-4H3. The number of carbonyl (C=O) groups excluding carboxylic acids is 1. The largest absolute Gasteiger partial charge is 0.380 e. The molecule has 0 radical (unpaired) electrons. The Labute approximate surface area is 115 Å². The predicted octanol–water partition coefficient (Wildman–Crippen LogP) is 2.52. The fourth-order valence-corrected chi connectivity index (χ4v) is 2.57. The van der Waals surface area contributed by atoms with Crippen LogP contribution in [0.25, 0.3) is 0 Å². The van der Waals surface area contributed by atoms with Crippen LogP contribution in [-0.4, -0.2) is 43.5 Å². The maximum absolute atomic E-state index is 12.4. The van der Waals surface area contributed by atoms with Crippen molar-refractivity contribution in [2.24, 2.45) is 0 Å². The Morgan fingerprint density at radius 3 is 2.58 bits per heavy atom. The lowest BCUT2D eigenvalue weighted by Crippen LogP contribution is -2.36. The maximum Gasteiger partial charge on any atom is 0.177 e. The summed E-state index contributed by atoms with van der Waals surface area (Å²) >= 11 is 0. The molecule has 2 rings (SSSR count). The van der Waals surface area contributed by atoms with Crippen LogP contribution in [0.5, 0.6) is 0 Å². The third-order valence-corrected chi connectivity index (χ3v) is 4.06. The molecule has 3 nitrogen and oxygen atoms in total. The van der Waals surface area contributed by atoms with Gasteiger partial charge in [0.1, 0.15) is 0 Å². The van der Waals surface area contributed by atoms with Crippen LogP contribution >= 0.6 is 0 Å². The van der Waals surface area contributed by atoms with Gasteiger partial charge >= 0.3 is 0 Å². The van der Waals surface area contributed by atoms with Crippen LogP contribution in [0.1, 0.15) is 33.5 Å². The molecule has 0 amide bonds. The molecular formula is C16H23NO2. The fraction of sp³-hybridized carbons (Fsp3) is 0.562. The minimum Gasteiger partial charge on any atom is -0.380 e. The molecule has 1 fully saturated rings. The van der Waals surface area contributed by atoms with Gasteiger partial charge in [-0.05, 0) is 57.0 Å². The highest BCUT2D eigenvalue weighted by Crippen LogP contribution is 2.17. The zero-order chi connectivity index (χ0) is 14.0. The van der Waals surface area contributed by atoms with E-state index < -0.39 is 0 Å². The Morgan fingerprint density at radius 2 is 1.95 bits per heavy atom. The van der Waals surface area contributed by atoms with Crippen molar-refractivity contribution in [2.75, 3.05) is 26.8 Å². The molecule has 1 aromatic carbocycles. The second-order valence-corrected chi connectivity index (χ2v) is 5.61. The topological polar surface area (TPSA) is 29.5 Å². The molecule has 0 saturated carbocycles. The summed E-state index contributed by atoms with van der Waals surface area (Å²) in [6, 6.07) is 4.50. The van der Waals surface area contributed by atoms with E-state index in [1.807, 2.05) is 20.0 Å². The zero-order valence-corrected chi connectivity index (χ0v) is 12.3. The van der Waals surface area contributed by atoms with Gasteiger partial charge in [-0.15, -0.1) is 0 Å². The first-order chi connectivity index (χ1) is 8.99. The van der Waals surface area contributed by atoms with Crippen LogP contribution in [0, 0.1) is 20.8 Å². The first-order valence-corrected chi connectivity index (χ1v) is 6.88. The van der Waals surface area contributed by atoms with E-state index in [0.717, 1.165) is 30.8 Å². The number of hydrogen-bond acceptors (Lipinski definition) is 3. The summed E-state index contributed by atoms with van der Waals surface area (Å²) < 4.78 is 5.37. The van der Waals surface area contributed by atoms with E-state index in [9.17, 15) is 4.79 Å². The quantitative estimate of drug-likeness (QED) is 0.780. The van der Waals surface area contributed by atoms with Crippen LogP contribution in [0.2, 0.25) is 0 Å². The lowest BCUT2D eigenvalue weighted by molar-refractivity contribution is 0.0906. The number of hydrogen-bond donors (Lipinski definition) is 0. The Balaban J connectivity index is 2.09. The van der Waals surface area contributed by atoms with Gasteiger partial charge in [0.25, 0.3) is 0 Å². The molecule has 19 heavy (non-hydrogen) atoms. The predicted molar refractivity (Wildman–Crippen MR) is 76.8 cm³/mol. The molecule has 0 bridgehead atoms. The summed E-state index contributed by atoms with van der Waals surface area (Å²) in [5.41, 5.74) is 4.35. The number of ketones is 1. The Kier molecular flexibility index (Phi) is 4.38. The Hall–Kier alpha value is -1.19. The Morgan fingerprint density at radius 1 is 1.26 bits per heavy atom. The molecule has 1 unspecified atom stereocenters. The summed E-state index contributed by atoms with van der Waals surface area (Å²) in [4.78, 5) is 14.5. The number of benzene rings is 1. The number of aryl methyl sites for hydroxylation is 3. The zero-order valence-electron chi connectivity index (χ0n) is 12.3. The van der Waals surface area contributed by atoms with Crippen LogP contribution in [0.3, 0.4) is 0 Å². The SMILES string of the molecule is Cc1cc(C)c(C(=O)CN(C)C2CCOC2)cc1C. The van der Waals surface area contributed by atoms with E-state index >= 15 is 0 Å². The van der Waals surface area contributed by atoms with Crippen molar-refractivity contribution >= 4 is 5.78 Å². The normalized spacial score (nSPS) is 19.1. The van der Waals surface area contributed by atoms with Gasteiger partial charge < -0.3 is 4.74 Å². The number of likely N-dealkylation sites (N-methyl/N-ethyl adjacent to an activating group) is 1. The highest BCUT2D eigenvalue weighted by atomic mass is 16.5. The van der Waals surface area contributed by atoms with Gasteiger partial charge in [0.2, 0.25) is 0 Å². The fourth-order valence-electron chi connectivity index (χ4n) is 2.57. The van der Waals surface area contributed by atoms with E-state index in [-0.39, 0.29) is 5.78 Å². The lowest BCUT2D eigenvalue weighted by atomic mass is 9.98. The summed E-state index contributed by atoms with van der Waals surface area (Å²) in [6.45, 7) is 8.18. The van der Waals surface area contributed by atoms with E-state index in [4.69, 9.17) is 4.74 Å². The maximum atomic E-state index is 12.4.